The van der Waals surface area contributed by atoms with Crippen LogP contribution in [0.5, 0.6) is 0 Å². The average Bonchev–Trinajstić information content (AvgIpc) is 2.63. The van der Waals surface area contributed by atoms with Crippen LogP contribution in [0.1, 0.15) is 41.8 Å². The van der Waals surface area contributed by atoms with Gasteiger partial charge in [-0.25, -0.2) is 4.98 Å². The van der Waals surface area contributed by atoms with E-state index in [2.05, 4.69) is 16.8 Å². The maximum Gasteiger partial charge on any atom is 0.116 e. The van der Waals surface area contributed by atoms with E-state index < -0.39 is 0 Å². The third-order valence-electron chi connectivity index (χ3n) is 3.34. The van der Waals surface area contributed by atoms with Crippen LogP contribution in [0.25, 0.3) is 0 Å². The molecule has 1 fully saturated rings. The van der Waals surface area contributed by atoms with Crippen LogP contribution in [-0.2, 0) is 6.54 Å². The molecule has 0 bridgehead atoms. The van der Waals surface area contributed by atoms with Crippen LogP contribution >= 0.6 is 23.6 Å². The van der Waals surface area contributed by atoms with Gasteiger partial charge in [0, 0.05) is 6.04 Å². The Morgan fingerprint density at radius 1 is 1.59 bits per heavy atom. The Morgan fingerprint density at radius 3 is 2.94 bits per heavy atom. The van der Waals surface area contributed by atoms with Crippen molar-refractivity contribution in [1.29, 1.82) is 0 Å². The Kier molecular flexibility index (Phi) is 4.12. The first-order valence-corrected chi connectivity index (χ1v) is 7.30. The minimum Gasteiger partial charge on any atom is -0.389 e. The van der Waals surface area contributed by atoms with E-state index >= 15 is 0 Å². The lowest BCUT2D eigenvalue weighted by Gasteiger charge is -2.32. The third-order valence-corrected chi connectivity index (χ3v) is 4.85. The molecule has 5 heteroatoms. The van der Waals surface area contributed by atoms with Crippen molar-refractivity contribution in [2.75, 3.05) is 6.54 Å². The second-order valence-corrected chi connectivity index (χ2v) is 6.23. The zero-order valence-electron chi connectivity index (χ0n) is 10.4. The van der Waals surface area contributed by atoms with Gasteiger partial charge in [0.15, 0.2) is 0 Å². The Balaban J connectivity index is 2.07. The molecule has 0 spiro atoms. The third kappa shape index (κ3) is 3.03. The normalized spacial score (nSPS) is 21.6. The summed E-state index contributed by atoms with van der Waals surface area (Å²) in [5.41, 5.74) is 6.65. The molecule has 2 rings (SSSR count). The SMILES string of the molecule is Cc1nc(CN2CCCCC2C)sc1C(N)=S. The van der Waals surface area contributed by atoms with Crippen molar-refractivity contribution in [3.8, 4) is 0 Å². The summed E-state index contributed by atoms with van der Waals surface area (Å²) in [6.07, 6.45) is 3.95. The first-order valence-electron chi connectivity index (χ1n) is 6.08. The molecule has 2 N–H and O–H groups in total. The summed E-state index contributed by atoms with van der Waals surface area (Å²) in [5.74, 6) is 0. The largest absolute Gasteiger partial charge is 0.389 e. The molecule has 1 aromatic rings. The lowest BCUT2D eigenvalue weighted by Crippen LogP contribution is -2.36. The zero-order chi connectivity index (χ0) is 12.4. The highest BCUT2D eigenvalue weighted by molar-refractivity contribution is 7.81. The van der Waals surface area contributed by atoms with Crippen molar-refractivity contribution in [3.05, 3.63) is 15.6 Å². The molecule has 0 aromatic carbocycles. The summed E-state index contributed by atoms with van der Waals surface area (Å²) < 4.78 is 0. The fourth-order valence-corrected chi connectivity index (χ4v) is 3.53. The highest BCUT2D eigenvalue weighted by Crippen LogP contribution is 2.23. The summed E-state index contributed by atoms with van der Waals surface area (Å²) >= 11 is 6.67. The molecule has 94 valence electrons. The smallest absolute Gasteiger partial charge is 0.116 e. The predicted molar refractivity (Wildman–Crippen MR) is 76.5 cm³/mol. The number of thiazole rings is 1. The highest BCUT2D eigenvalue weighted by Gasteiger charge is 2.20. The molecule has 1 saturated heterocycles. The van der Waals surface area contributed by atoms with Crippen molar-refractivity contribution < 1.29 is 0 Å². The van der Waals surface area contributed by atoms with Gasteiger partial charge >= 0.3 is 0 Å². The summed E-state index contributed by atoms with van der Waals surface area (Å²) in [6, 6.07) is 0.668. The van der Waals surface area contributed by atoms with E-state index in [0.29, 0.717) is 11.0 Å². The minimum absolute atomic E-state index is 0.470. The fourth-order valence-electron chi connectivity index (χ4n) is 2.31. The lowest BCUT2D eigenvalue weighted by molar-refractivity contribution is 0.152. The Labute approximate surface area is 112 Å². The number of rotatable bonds is 3. The van der Waals surface area contributed by atoms with Gasteiger partial charge in [-0.15, -0.1) is 11.3 Å². The van der Waals surface area contributed by atoms with Crippen LogP contribution in [-0.4, -0.2) is 27.5 Å². The average molecular weight is 269 g/mol. The number of likely N-dealkylation sites (tertiary alicyclic amines) is 1. The first-order chi connectivity index (χ1) is 8.08. The zero-order valence-corrected chi connectivity index (χ0v) is 12.0. The van der Waals surface area contributed by atoms with Gasteiger partial charge in [0.2, 0.25) is 0 Å². The summed E-state index contributed by atoms with van der Waals surface area (Å²) in [6.45, 7) is 6.40. The Bertz CT molecular complexity index is 414. The van der Waals surface area contributed by atoms with E-state index in [9.17, 15) is 0 Å². The van der Waals surface area contributed by atoms with Crippen molar-refractivity contribution in [2.45, 2.75) is 45.7 Å². The number of aryl methyl sites for hydroxylation is 1. The standard InChI is InChI=1S/C12H19N3S2/c1-8-5-3-4-6-15(8)7-10-14-9(2)11(17-10)12(13)16/h8H,3-7H2,1-2H3,(H2,13,16). The number of nitrogens with zero attached hydrogens (tertiary/aromatic N) is 2. The van der Waals surface area contributed by atoms with Gasteiger partial charge in [0.25, 0.3) is 0 Å². The maximum absolute atomic E-state index is 5.68. The Morgan fingerprint density at radius 2 is 2.35 bits per heavy atom. The van der Waals surface area contributed by atoms with E-state index in [-0.39, 0.29) is 0 Å². The van der Waals surface area contributed by atoms with Crippen molar-refractivity contribution in [2.24, 2.45) is 5.73 Å². The van der Waals surface area contributed by atoms with Crippen LogP contribution in [0, 0.1) is 6.92 Å². The summed E-state index contributed by atoms with van der Waals surface area (Å²) in [5, 5.41) is 1.14. The molecular weight excluding hydrogens is 250 g/mol. The molecule has 2 heterocycles. The molecule has 1 unspecified atom stereocenters. The second kappa shape index (κ2) is 5.42. The molecular formula is C12H19N3S2. The van der Waals surface area contributed by atoms with Gasteiger partial charge < -0.3 is 5.73 Å². The number of thiocarbonyl (C=S) groups is 1. The predicted octanol–water partition coefficient (Wildman–Crippen LogP) is 2.46. The second-order valence-electron chi connectivity index (χ2n) is 4.70. The fraction of sp³-hybridized carbons (Fsp3) is 0.667. The molecule has 0 amide bonds. The molecule has 17 heavy (non-hydrogen) atoms. The van der Waals surface area contributed by atoms with Gasteiger partial charge in [0.1, 0.15) is 10.00 Å². The molecule has 1 aromatic heterocycles. The van der Waals surface area contributed by atoms with Gasteiger partial charge in [0.05, 0.1) is 17.1 Å². The number of nitrogens with two attached hydrogens (primary N) is 1. The summed E-state index contributed by atoms with van der Waals surface area (Å²) in [7, 11) is 0. The van der Waals surface area contributed by atoms with E-state index in [1.54, 1.807) is 11.3 Å². The number of aromatic nitrogens is 1. The highest BCUT2D eigenvalue weighted by atomic mass is 32.1. The van der Waals surface area contributed by atoms with Crippen molar-refractivity contribution in [3.63, 3.8) is 0 Å². The summed E-state index contributed by atoms with van der Waals surface area (Å²) in [4.78, 5) is 8.52. The van der Waals surface area contributed by atoms with Crippen LogP contribution in [0.15, 0.2) is 0 Å². The van der Waals surface area contributed by atoms with Crippen molar-refractivity contribution in [1.82, 2.24) is 9.88 Å². The molecule has 1 atom stereocenters. The first kappa shape index (κ1) is 12.9. The molecule has 3 nitrogen and oxygen atoms in total. The van der Waals surface area contributed by atoms with E-state index in [0.717, 1.165) is 22.1 Å². The molecule has 1 aliphatic heterocycles. The van der Waals surface area contributed by atoms with Gasteiger partial charge in [-0.1, -0.05) is 18.6 Å². The van der Waals surface area contributed by atoms with Crippen LogP contribution in [0.2, 0.25) is 0 Å². The topological polar surface area (TPSA) is 42.2 Å². The van der Waals surface area contributed by atoms with Crippen LogP contribution < -0.4 is 5.73 Å². The maximum atomic E-state index is 5.68. The molecule has 0 aliphatic carbocycles. The number of hydrogen-bond acceptors (Lipinski definition) is 4. The quantitative estimate of drug-likeness (QED) is 0.856. The molecule has 0 saturated carbocycles. The number of hydrogen-bond donors (Lipinski definition) is 1. The molecule has 0 radical (unpaired) electrons. The Hall–Kier alpha value is -0.520. The van der Waals surface area contributed by atoms with Gasteiger partial charge in [-0.2, -0.15) is 0 Å². The van der Waals surface area contributed by atoms with Crippen LogP contribution in [0.4, 0.5) is 0 Å². The van der Waals surface area contributed by atoms with E-state index in [1.165, 1.54) is 25.8 Å². The van der Waals surface area contributed by atoms with E-state index in [1.807, 2.05) is 6.92 Å². The number of piperidine rings is 1. The van der Waals surface area contributed by atoms with Gasteiger partial charge in [-0.3, -0.25) is 4.90 Å². The minimum atomic E-state index is 0.470. The molecule has 1 aliphatic rings. The monoisotopic (exact) mass is 269 g/mol. The van der Waals surface area contributed by atoms with Crippen molar-refractivity contribution >= 4 is 28.5 Å². The lowest BCUT2D eigenvalue weighted by atomic mass is 10.0. The van der Waals surface area contributed by atoms with E-state index in [4.69, 9.17) is 18.0 Å². The van der Waals surface area contributed by atoms with Crippen LogP contribution in [0.3, 0.4) is 0 Å². The van der Waals surface area contributed by atoms with Gasteiger partial charge in [-0.05, 0) is 33.2 Å².